The molecule has 136 valence electrons. The van der Waals surface area contributed by atoms with Crippen LogP contribution in [0.25, 0.3) is 0 Å². The van der Waals surface area contributed by atoms with Crippen LogP contribution in [0.5, 0.6) is 5.75 Å². The number of carbonyl (C=O) groups is 1. The summed E-state index contributed by atoms with van der Waals surface area (Å²) in [5, 5.41) is 3.23. The number of rotatable bonds is 5. The molecule has 1 aliphatic heterocycles. The standard InChI is InChI=1S/C15H22N2O5S.ClH/c1-10-9-16-7-6-13(10)17-23(19,20)11-4-5-12(15(18)22-3)14(8-11)21-2;/h4-5,8,10,13,16-17H,6-7,9H2,1-3H3;1H. The number of hydrogen-bond donors (Lipinski definition) is 2. The minimum absolute atomic E-state index is 0. The lowest BCUT2D eigenvalue weighted by molar-refractivity contribution is 0.0597. The highest BCUT2D eigenvalue weighted by atomic mass is 35.5. The second kappa shape index (κ2) is 8.66. The zero-order chi connectivity index (χ0) is 17.0. The number of esters is 1. The Labute approximate surface area is 148 Å². The first-order valence-electron chi connectivity index (χ1n) is 7.38. The minimum atomic E-state index is -3.68. The molecule has 1 aromatic rings. The van der Waals surface area contributed by atoms with Crippen molar-refractivity contribution in [3.63, 3.8) is 0 Å². The van der Waals surface area contributed by atoms with Crippen molar-refractivity contribution in [2.24, 2.45) is 5.92 Å². The van der Waals surface area contributed by atoms with Crippen LogP contribution in [0, 0.1) is 5.92 Å². The highest BCUT2D eigenvalue weighted by Crippen LogP contribution is 2.24. The topological polar surface area (TPSA) is 93.7 Å². The number of hydrogen-bond acceptors (Lipinski definition) is 6. The lowest BCUT2D eigenvalue weighted by Gasteiger charge is -2.30. The first-order chi connectivity index (χ1) is 10.9. The van der Waals surface area contributed by atoms with Crippen molar-refractivity contribution in [2.75, 3.05) is 27.3 Å². The van der Waals surface area contributed by atoms with Crippen LogP contribution in [0.3, 0.4) is 0 Å². The average Bonchev–Trinajstić information content (AvgIpc) is 2.55. The fraction of sp³-hybridized carbons (Fsp3) is 0.533. The smallest absolute Gasteiger partial charge is 0.341 e. The first kappa shape index (κ1) is 20.7. The molecular formula is C15H23ClN2O5S. The molecule has 0 aromatic heterocycles. The molecule has 2 N–H and O–H groups in total. The lowest BCUT2D eigenvalue weighted by atomic mass is 9.97. The Balaban J connectivity index is 0.00000288. The Morgan fingerprint density at radius 2 is 2.04 bits per heavy atom. The third-order valence-corrected chi connectivity index (χ3v) is 5.47. The zero-order valence-electron chi connectivity index (χ0n) is 13.9. The number of ether oxygens (including phenoxy) is 2. The van der Waals surface area contributed by atoms with Gasteiger partial charge in [-0.05, 0) is 37.6 Å². The van der Waals surface area contributed by atoms with E-state index in [0.717, 1.165) is 19.5 Å². The first-order valence-corrected chi connectivity index (χ1v) is 8.86. The van der Waals surface area contributed by atoms with E-state index in [4.69, 9.17) is 4.74 Å². The summed E-state index contributed by atoms with van der Waals surface area (Å²) in [5.41, 5.74) is 0.184. The van der Waals surface area contributed by atoms with Gasteiger partial charge in [-0.15, -0.1) is 12.4 Å². The average molecular weight is 379 g/mol. The van der Waals surface area contributed by atoms with Gasteiger partial charge in [0, 0.05) is 12.1 Å². The van der Waals surface area contributed by atoms with Crippen molar-refractivity contribution < 1.29 is 22.7 Å². The van der Waals surface area contributed by atoms with Crippen molar-refractivity contribution in [3.8, 4) is 5.75 Å². The molecule has 0 bridgehead atoms. The quantitative estimate of drug-likeness (QED) is 0.747. The van der Waals surface area contributed by atoms with Crippen LogP contribution < -0.4 is 14.8 Å². The van der Waals surface area contributed by atoms with E-state index in [9.17, 15) is 13.2 Å². The van der Waals surface area contributed by atoms with Crippen LogP contribution in [0.15, 0.2) is 23.1 Å². The van der Waals surface area contributed by atoms with Gasteiger partial charge in [0.25, 0.3) is 0 Å². The fourth-order valence-electron chi connectivity index (χ4n) is 2.57. The van der Waals surface area contributed by atoms with Crippen molar-refractivity contribution in [1.29, 1.82) is 0 Å². The van der Waals surface area contributed by atoms with Gasteiger partial charge in [0.1, 0.15) is 11.3 Å². The molecule has 1 aliphatic rings. The summed E-state index contributed by atoms with van der Waals surface area (Å²) >= 11 is 0. The summed E-state index contributed by atoms with van der Waals surface area (Å²) in [6, 6.07) is 3.99. The number of sulfonamides is 1. The molecule has 24 heavy (non-hydrogen) atoms. The van der Waals surface area contributed by atoms with E-state index in [-0.39, 0.29) is 40.6 Å². The highest BCUT2D eigenvalue weighted by Gasteiger charge is 2.27. The number of piperidine rings is 1. The Bertz CT molecular complexity index is 680. The largest absolute Gasteiger partial charge is 0.496 e. The number of carbonyl (C=O) groups excluding carboxylic acids is 1. The molecule has 2 atom stereocenters. The molecule has 0 radical (unpaired) electrons. The molecule has 0 amide bonds. The predicted molar refractivity (Wildman–Crippen MR) is 92.3 cm³/mol. The van der Waals surface area contributed by atoms with Crippen LogP contribution >= 0.6 is 12.4 Å². The molecule has 0 saturated carbocycles. The molecule has 7 nitrogen and oxygen atoms in total. The van der Waals surface area contributed by atoms with Crippen LogP contribution in [-0.4, -0.2) is 47.7 Å². The zero-order valence-corrected chi connectivity index (χ0v) is 15.5. The number of nitrogens with one attached hydrogen (secondary N) is 2. The summed E-state index contributed by atoms with van der Waals surface area (Å²) in [6.45, 7) is 3.56. The number of methoxy groups -OCH3 is 2. The number of benzene rings is 1. The van der Waals surface area contributed by atoms with Crippen LogP contribution in [-0.2, 0) is 14.8 Å². The van der Waals surface area contributed by atoms with Gasteiger partial charge in [-0.1, -0.05) is 6.92 Å². The van der Waals surface area contributed by atoms with E-state index >= 15 is 0 Å². The van der Waals surface area contributed by atoms with E-state index in [1.54, 1.807) is 0 Å². The molecule has 0 spiro atoms. The van der Waals surface area contributed by atoms with E-state index < -0.39 is 16.0 Å². The molecular weight excluding hydrogens is 356 g/mol. The van der Waals surface area contributed by atoms with Gasteiger partial charge in [-0.25, -0.2) is 17.9 Å². The predicted octanol–water partition coefficient (Wildman–Crippen LogP) is 1.18. The SMILES string of the molecule is COC(=O)c1ccc(S(=O)(=O)NC2CCNCC2C)cc1OC.Cl. The van der Waals surface area contributed by atoms with Gasteiger partial charge < -0.3 is 14.8 Å². The summed E-state index contributed by atoms with van der Waals surface area (Å²) in [4.78, 5) is 11.7. The van der Waals surface area contributed by atoms with Gasteiger partial charge in [0.2, 0.25) is 10.0 Å². The molecule has 1 aromatic carbocycles. The maximum atomic E-state index is 12.6. The van der Waals surface area contributed by atoms with Gasteiger partial charge in [-0.2, -0.15) is 0 Å². The lowest BCUT2D eigenvalue weighted by Crippen LogP contribution is -2.48. The van der Waals surface area contributed by atoms with Crippen LogP contribution in [0.4, 0.5) is 0 Å². The normalized spacial score (nSPS) is 20.8. The number of halogens is 1. The Kier molecular flexibility index (Phi) is 7.47. The van der Waals surface area contributed by atoms with Crippen molar-refractivity contribution in [3.05, 3.63) is 23.8 Å². The summed E-state index contributed by atoms with van der Waals surface area (Å²) < 4.78 is 37.6. The molecule has 2 unspecified atom stereocenters. The summed E-state index contributed by atoms with van der Waals surface area (Å²) in [6.07, 6.45) is 0.734. The van der Waals surface area contributed by atoms with E-state index in [1.807, 2.05) is 6.92 Å². The van der Waals surface area contributed by atoms with Gasteiger partial charge in [-0.3, -0.25) is 0 Å². The van der Waals surface area contributed by atoms with Crippen LogP contribution in [0.2, 0.25) is 0 Å². The fourth-order valence-corrected chi connectivity index (χ4v) is 3.97. The minimum Gasteiger partial charge on any atom is -0.496 e. The highest BCUT2D eigenvalue weighted by molar-refractivity contribution is 7.89. The van der Waals surface area contributed by atoms with Gasteiger partial charge >= 0.3 is 5.97 Å². The summed E-state index contributed by atoms with van der Waals surface area (Å²) in [5.74, 6) is -0.210. The monoisotopic (exact) mass is 378 g/mol. The van der Waals surface area contributed by atoms with Crippen molar-refractivity contribution in [2.45, 2.75) is 24.3 Å². The van der Waals surface area contributed by atoms with Gasteiger partial charge in [0.05, 0.1) is 19.1 Å². The molecule has 2 rings (SSSR count). The van der Waals surface area contributed by atoms with E-state index in [1.165, 1.54) is 32.4 Å². The molecule has 1 heterocycles. The Morgan fingerprint density at radius 1 is 1.33 bits per heavy atom. The summed E-state index contributed by atoms with van der Waals surface area (Å²) in [7, 11) is -1.05. The van der Waals surface area contributed by atoms with E-state index in [2.05, 4.69) is 14.8 Å². The second-order valence-corrected chi connectivity index (χ2v) is 7.27. The maximum absolute atomic E-state index is 12.6. The second-order valence-electron chi connectivity index (χ2n) is 5.55. The Hall–Kier alpha value is -1.35. The maximum Gasteiger partial charge on any atom is 0.341 e. The molecule has 1 saturated heterocycles. The third kappa shape index (κ3) is 4.60. The van der Waals surface area contributed by atoms with Crippen LogP contribution in [0.1, 0.15) is 23.7 Å². The van der Waals surface area contributed by atoms with E-state index in [0.29, 0.717) is 0 Å². The third-order valence-electron chi connectivity index (χ3n) is 3.98. The van der Waals surface area contributed by atoms with Gasteiger partial charge in [0.15, 0.2) is 0 Å². The van der Waals surface area contributed by atoms with Crippen molar-refractivity contribution >= 4 is 28.4 Å². The Morgan fingerprint density at radius 3 is 2.62 bits per heavy atom. The van der Waals surface area contributed by atoms with Crippen molar-refractivity contribution in [1.82, 2.24) is 10.0 Å². The molecule has 1 fully saturated rings. The molecule has 0 aliphatic carbocycles. The molecule has 9 heteroatoms.